The summed E-state index contributed by atoms with van der Waals surface area (Å²) in [6.45, 7) is 0. The van der Waals surface area contributed by atoms with Crippen molar-refractivity contribution in [3.05, 3.63) is 57.8 Å². The first-order valence-corrected chi connectivity index (χ1v) is 6.41. The quantitative estimate of drug-likeness (QED) is 0.868. The van der Waals surface area contributed by atoms with E-state index in [1.54, 1.807) is 29.6 Å². The Morgan fingerprint density at radius 2 is 1.89 bits per heavy atom. The Labute approximate surface area is 111 Å². The van der Waals surface area contributed by atoms with Gasteiger partial charge in [0.05, 0.1) is 0 Å². The van der Waals surface area contributed by atoms with Gasteiger partial charge >= 0.3 is 6.18 Å². The smallest absolute Gasteiger partial charge is 0.355 e. The third-order valence-corrected chi connectivity index (χ3v) is 4.00. The average Bonchev–Trinajstić information content (AvgIpc) is 2.96. The summed E-state index contributed by atoms with van der Waals surface area (Å²) < 4.78 is 44.2. The summed E-state index contributed by atoms with van der Waals surface area (Å²) in [6.07, 6.45) is -5.77. The summed E-state index contributed by atoms with van der Waals surface area (Å²) in [7, 11) is 0. The topological polar surface area (TPSA) is 29.5 Å². The molecular weight excluding hydrogens is 277 g/mol. The molecule has 0 saturated heterocycles. The Bertz CT molecular complexity index is 594. The van der Waals surface area contributed by atoms with Gasteiger partial charge in [-0.05, 0) is 17.0 Å². The molecule has 2 nitrogen and oxygen atoms in total. The molecule has 3 rings (SSSR count). The SMILES string of the molecule is OC1(C(F)(F)F)OC(c2cccs2)c2ccccc21. The van der Waals surface area contributed by atoms with E-state index in [4.69, 9.17) is 4.74 Å². The second kappa shape index (κ2) is 4.06. The summed E-state index contributed by atoms with van der Waals surface area (Å²) in [5, 5.41) is 11.7. The molecule has 1 aromatic carbocycles. The fourth-order valence-electron chi connectivity index (χ4n) is 2.20. The molecule has 0 amide bonds. The van der Waals surface area contributed by atoms with Crippen LogP contribution in [0.1, 0.15) is 22.1 Å². The zero-order valence-electron chi connectivity index (χ0n) is 9.52. The van der Waals surface area contributed by atoms with Crippen LogP contribution < -0.4 is 0 Å². The zero-order chi connectivity index (χ0) is 13.7. The minimum absolute atomic E-state index is 0.235. The van der Waals surface area contributed by atoms with Crippen molar-refractivity contribution in [2.45, 2.75) is 18.1 Å². The average molecular weight is 286 g/mol. The van der Waals surface area contributed by atoms with Gasteiger partial charge in [0.1, 0.15) is 6.10 Å². The van der Waals surface area contributed by atoms with Gasteiger partial charge < -0.3 is 9.84 Å². The molecule has 1 aromatic heterocycles. The van der Waals surface area contributed by atoms with Crippen LogP contribution in [0.25, 0.3) is 0 Å². The number of halogens is 3. The van der Waals surface area contributed by atoms with Gasteiger partial charge in [0, 0.05) is 10.4 Å². The van der Waals surface area contributed by atoms with Gasteiger partial charge in [0.15, 0.2) is 0 Å². The first kappa shape index (κ1) is 12.7. The van der Waals surface area contributed by atoms with Crippen molar-refractivity contribution in [3.8, 4) is 0 Å². The monoisotopic (exact) mass is 286 g/mol. The number of rotatable bonds is 1. The highest BCUT2D eigenvalue weighted by molar-refractivity contribution is 7.10. The summed E-state index contributed by atoms with van der Waals surface area (Å²) in [5.74, 6) is -3.24. The van der Waals surface area contributed by atoms with E-state index in [1.165, 1.54) is 23.5 Å². The first-order valence-electron chi connectivity index (χ1n) is 5.53. The summed E-state index contributed by atoms with van der Waals surface area (Å²) in [5.41, 5.74) is 0.116. The fourth-order valence-corrected chi connectivity index (χ4v) is 2.97. The maximum absolute atomic E-state index is 13.1. The van der Waals surface area contributed by atoms with Crippen LogP contribution in [-0.4, -0.2) is 11.3 Å². The third kappa shape index (κ3) is 1.79. The summed E-state index contributed by atoms with van der Waals surface area (Å²) >= 11 is 1.29. The summed E-state index contributed by atoms with van der Waals surface area (Å²) in [4.78, 5) is 0.632. The van der Waals surface area contributed by atoms with E-state index in [9.17, 15) is 18.3 Å². The predicted octanol–water partition coefficient (Wildman–Crippen LogP) is 3.58. The normalized spacial score (nSPS) is 26.4. The van der Waals surface area contributed by atoms with E-state index in [-0.39, 0.29) is 5.56 Å². The third-order valence-electron chi connectivity index (χ3n) is 3.08. The largest absolute Gasteiger partial charge is 0.448 e. The number of aliphatic hydroxyl groups is 1. The highest BCUT2D eigenvalue weighted by atomic mass is 32.1. The van der Waals surface area contributed by atoms with E-state index in [0.717, 1.165) is 0 Å². The second-order valence-corrected chi connectivity index (χ2v) is 5.22. The highest BCUT2D eigenvalue weighted by Crippen LogP contribution is 2.52. The van der Waals surface area contributed by atoms with Gasteiger partial charge in [0.25, 0.3) is 5.79 Å². The van der Waals surface area contributed by atoms with Crippen LogP contribution in [0.2, 0.25) is 0 Å². The van der Waals surface area contributed by atoms with Crippen LogP contribution in [0.3, 0.4) is 0 Å². The standard InChI is InChI=1S/C13H9F3O2S/c14-13(15,16)12(17)9-5-2-1-4-8(9)11(18-12)10-6-3-7-19-10/h1-7,11,17H. The van der Waals surface area contributed by atoms with Crippen molar-refractivity contribution in [2.75, 3.05) is 0 Å². The lowest BCUT2D eigenvalue weighted by Gasteiger charge is -2.26. The lowest BCUT2D eigenvalue weighted by atomic mass is 9.99. The molecule has 1 aliphatic heterocycles. The molecule has 2 aromatic rings. The number of ether oxygens (including phenoxy) is 1. The van der Waals surface area contributed by atoms with E-state index >= 15 is 0 Å². The van der Waals surface area contributed by atoms with Gasteiger partial charge in [-0.3, -0.25) is 0 Å². The molecule has 0 bridgehead atoms. The molecule has 1 aliphatic rings. The molecule has 100 valence electrons. The molecule has 0 fully saturated rings. The molecule has 0 spiro atoms. The molecule has 2 heterocycles. The molecule has 1 N–H and O–H groups in total. The molecule has 2 unspecified atom stereocenters. The molecule has 6 heteroatoms. The molecule has 0 aliphatic carbocycles. The van der Waals surface area contributed by atoms with Gasteiger partial charge in [-0.25, -0.2) is 0 Å². The van der Waals surface area contributed by atoms with Crippen LogP contribution in [0.5, 0.6) is 0 Å². The Morgan fingerprint density at radius 1 is 1.16 bits per heavy atom. The van der Waals surface area contributed by atoms with Crippen molar-refractivity contribution < 1.29 is 23.0 Å². The number of fused-ring (bicyclic) bond motifs is 1. The van der Waals surface area contributed by atoms with Crippen molar-refractivity contribution in [1.82, 2.24) is 0 Å². The number of benzene rings is 1. The van der Waals surface area contributed by atoms with Crippen LogP contribution in [0.4, 0.5) is 13.2 Å². The number of alkyl halides is 3. The van der Waals surface area contributed by atoms with Crippen LogP contribution in [0, 0.1) is 0 Å². The van der Waals surface area contributed by atoms with E-state index in [1.807, 2.05) is 0 Å². The fraction of sp³-hybridized carbons (Fsp3) is 0.231. The second-order valence-electron chi connectivity index (χ2n) is 4.24. The Kier molecular flexibility index (Phi) is 2.70. The van der Waals surface area contributed by atoms with Gasteiger partial charge in [-0.1, -0.05) is 30.3 Å². The number of thiophene rings is 1. The van der Waals surface area contributed by atoms with Gasteiger partial charge in [-0.15, -0.1) is 11.3 Å². The highest BCUT2D eigenvalue weighted by Gasteiger charge is 2.62. The Morgan fingerprint density at radius 3 is 2.53 bits per heavy atom. The maximum atomic E-state index is 13.1. The zero-order valence-corrected chi connectivity index (χ0v) is 10.3. The lowest BCUT2D eigenvalue weighted by molar-refractivity contribution is -0.374. The Balaban J connectivity index is 2.16. The van der Waals surface area contributed by atoms with E-state index in [2.05, 4.69) is 0 Å². The van der Waals surface area contributed by atoms with Crippen LogP contribution in [-0.2, 0) is 10.5 Å². The van der Waals surface area contributed by atoms with Crippen LogP contribution in [0.15, 0.2) is 41.8 Å². The van der Waals surface area contributed by atoms with Crippen molar-refractivity contribution >= 4 is 11.3 Å². The molecule has 19 heavy (non-hydrogen) atoms. The van der Waals surface area contributed by atoms with E-state index < -0.39 is 18.1 Å². The van der Waals surface area contributed by atoms with Gasteiger partial charge in [-0.2, -0.15) is 13.2 Å². The summed E-state index contributed by atoms with van der Waals surface area (Å²) in [6, 6.07) is 9.30. The minimum Gasteiger partial charge on any atom is -0.355 e. The van der Waals surface area contributed by atoms with Gasteiger partial charge in [0.2, 0.25) is 0 Å². The molecule has 0 saturated carbocycles. The number of hydrogen-bond acceptors (Lipinski definition) is 3. The lowest BCUT2D eigenvalue weighted by Crippen LogP contribution is -2.42. The molecule has 0 radical (unpaired) electrons. The predicted molar refractivity (Wildman–Crippen MR) is 63.6 cm³/mol. The first-order chi connectivity index (χ1) is 8.93. The van der Waals surface area contributed by atoms with Crippen molar-refractivity contribution in [1.29, 1.82) is 0 Å². The Hall–Kier alpha value is -1.37. The molecular formula is C13H9F3O2S. The van der Waals surface area contributed by atoms with Crippen LogP contribution >= 0.6 is 11.3 Å². The van der Waals surface area contributed by atoms with Crippen molar-refractivity contribution in [3.63, 3.8) is 0 Å². The maximum Gasteiger partial charge on any atom is 0.448 e. The molecule has 2 atom stereocenters. The minimum atomic E-state index is -4.88. The number of hydrogen-bond donors (Lipinski definition) is 1. The van der Waals surface area contributed by atoms with E-state index in [0.29, 0.717) is 10.4 Å². The van der Waals surface area contributed by atoms with Crippen molar-refractivity contribution in [2.24, 2.45) is 0 Å².